The summed E-state index contributed by atoms with van der Waals surface area (Å²) in [6.07, 6.45) is 7.66. The maximum Gasteiger partial charge on any atom is 0.287 e. The van der Waals surface area contributed by atoms with E-state index >= 15 is 0 Å². The second kappa shape index (κ2) is 5.74. The van der Waals surface area contributed by atoms with Gasteiger partial charge in [-0.05, 0) is 25.2 Å². The fourth-order valence-corrected chi connectivity index (χ4v) is 2.69. The molecule has 1 aliphatic carbocycles. The molecule has 1 aromatic rings. The molecular formula is C13H20ClN3O. The van der Waals surface area contributed by atoms with Crippen LogP contribution >= 0.6 is 11.6 Å². The van der Waals surface area contributed by atoms with Crippen LogP contribution in [0, 0.1) is 5.92 Å². The molecule has 0 spiro atoms. The topological polar surface area (TPSA) is 46.9 Å². The summed E-state index contributed by atoms with van der Waals surface area (Å²) in [7, 11) is 1.60. The highest BCUT2D eigenvalue weighted by Crippen LogP contribution is 2.26. The van der Waals surface area contributed by atoms with Gasteiger partial charge in [-0.15, -0.1) is 0 Å². The molecule has 0 amide bonds. The van der Waals surface area contributed by atoms with E-state index < -0.39 is 0 Å². The van der Waals surface area contributed by atoms with Crippen molar-refractivity contribution in [1.82, 2.24) is 9.78 Å². The number of hydrogen-bond acceptors (Lipinski definition) is 3. The maximum absolute atomic E-state index is 11.7. The fourth-order valence-electron chi connectivity index (χ4n) is 2.46. The lowest BCUT2D eigenvalue weighted by molar-refractivity contribution is 0.502. The Bertz CT molecular complexity index is 472. The van der Waals surface area contributed by atoms with Gasteiger partial charge < -0.3 is 5.32 Å². The van der Waals surface area contributed by atoms with Crippen molar-refractivity contribution < 1.29 is 0 Å². The standard InChI is InChI=1S/C13H20ClN3O/c1-9-4-3-5-10(7-6-9)16-11-8-15-17(2)13(18)12(11)14/h8-10,16H,3-7H2,1-2H3. The second-order valence-electron chi connectivity index (χ2n) is 5.26. The molecule has 2 unspecified atom stereocenters. The summed E-state index contributed by atoms with van der Waals surface area (Å²) in [5, 5.41) is 7.61. The molecule has 2 rings (SSSR count). The first-order chi connectivity index (χ1) is 8.58. The molecule has 1 fully saturated rings. The molecule has 4 nitrogen and oxygen atoms in total. The number of nitrogens with zero attached hydrogens (tertiary/aromatic N) is 2. The van der Waals surface area contributed by atoms with Crippen molar-refractivity contribution in [2.24, 2.45) is 13.0 Å². The predicted molar refractivity (Wildman–Crippen MR) is 74.1 cm³/mol. The molecule has 1 aromatic heterocycles. The van der Waals surface area contributed by atoms with Gasteiger partial charge in [0.05, 0.1) is 11.9 Å². The van der Waals surface area contributed by atoms with Gasteiger partial charge in [0.25, 0.3) is 5.56 Å². The molecule has 1 heterocycles. The van der Waals surface area contributed by atoms with E-state index in [2.05, 4.69) is 17.3 Å². The molecule has 0 aliphatic heterocycles. The van der Waals surface area contributed by atoms with Crippen molar-refractivity contribution in [3.8, 4) is 0 Å². The Morgan fingerprint density at radius 3 is 2.94 bits per heavy atom. The molecule has 18 heavy (non-hydrogen) atoms. The molecule has 0 aromatic carbocycles. The van der Waals surface area contributed by atoms with Gasteiger partial charge in [0.2, 0.25) is 0 Å². The zero-order chi connectivity index (χ0) is 13.1. The molecule has 0 bridgehead atoms. The molecule has 2 atom stereocenters. The minimum Gasteiger partial charge on any atom is -0.380 e. The monoisotopic (exact) mass is 269 g/mol. The molecule has 100 valence electrons. The van der Waals surface area contributed by atoms with Crippen molar-refractivity contribution in [2.45, 2.75) is 45.1 Å². The molecule has 5 heteroatoms. The lowest BCUT2D eigenvalue weighted by Gasteiger charge is -2.18. The SMILES string of the molecule is CC1CCCC(Nc2cnn(C)c(=O)c2Cl)CC1. The van der Waals surface area contributed by atoms with Gasteiger partial charge in [-0.3, -0.25) is 4.79 Å². The Balaban J connectivity index is 2.09. The summed E-state index contributed by atoms with van der Waals surface area (Å²) in [5.41, 5.74) is 0.419. The van der Waals surface area contributed by atoms with E-state index in [-0.39, 0.29) is 10.6 Å². The number of nitrogens with one attached hydrogen (secondary N) is 1. The summed E-state index contributed by atoms with van der Waals surface area (Å²) in [6.45, 7) is 2.30. The summed E-state index contributed by atoms with van der Waals surface area (Å²) in [5.74, 6) is 0.800. The smallest absolute Gasteiger partial charge is 0.287 e. The fraction of sp³-hybridized carbons (Fsp3) is 0.692. The normalized spacial score (nSPS) is 24.6. The first kappa shape index (κ1) is 13.4. The van der Waals surface area contributed by atoms with E-state index in [9.17, 15) is 4.79 Å². The number of anilines is 1. The minimum absolute atomic E-state index is 0.241. The van der Waals surface area contributed by atoms with Crippen molar-refractivity contribution >= 4 is 17.3 Å². The van der Waals surface area contributed by atoms with Crippen LogP contribution in [0.1, 0.15) is 39.0 Å². The van der Waals surface area contributed by atoms with Crippen LogP contribution < -0.4 is 10.9 Å². The highest BCUT2D eigenvalue weighted by molar-refractivity contribution is 6.32. The van der Waals surface area contributed by atoms with E-state index in [0.717, 1.165) is 18.8 Å². The third-order valence-corrected chi connectivity index (χ3v) is 4.06. The summed E-state index contributed by atoms with van der Waals surface area (Å²) in [4.78, 5) is 11.7. The van der Waals surface area contributed by atoms with Crippen LogP contribution in [-0.2, 0) is 7.05 Å². The summed E-state index contributed by atoms with van der Waals surface area (Å²) < 4.78 is 1.25. The zero-order valence-corrected chi connectivity index (χ0v) is 11.7. The summed E-state index contributed by atoms with van der Waals surface area (Å²) >= 11 is 6.05. The van der Waals surface area contributed by atoms with Crippen molar-refractivity contribution in [3.05, 3.63) is 21.6 Å². The maximum atomic E-state index is 11.7. The van der Waals surface area contributed by atoms with Crippen molar-refractivity contribution in [1.29, 1.82) is 0 Å². The molecule has 1 aliphatic rings. The average Bonchev–Trinajstić information content (AvgIpc) is 2.55. The highest BCUT2D eigenvalue weighted by atomic mass is 35.5. The van der Waals surface area contributed by atoms with Crippen molar-refractivity contribution in [3.63, 3.8) is 0 Å². The Kier molecular flexibility index (Phi) is 4.27. The van der Waals surface area contributed by atoms with Crippen LogP contribution in [0.2, 0.25) is 5.02 Å². The van der Waals surface area contributed by atoms with E-state index in [1.807, 2.05) is 0 Å². The Hall–Kier alpha value is -1.03. The van der Waals surface area contributed by atoms with Crippen molar-refractivity contribution in [2.75, 3.05) is 5.32 Å². The Labute approximate surface area is 112 Å². The van der Waals surface area contributed by atoms with Crippen LogP contribution in [0.4, 0.5) is 5.69 Å². The molecular weight excluding hydrogens is 250 g/mol. The van der Waals surface area contributed by atoms with Gasteiger partial charge in [-0.25, -0.2) is 4.68 Å². The quantitative estimate of drug-likeness (QED) is 0.840. The largest absolute Gasteiger partial charge is 0.380 e. The third kappa shape index (κ3) is 3.05. The zero-order valence-electron chi connectivity index (χ0n) is 10.9. The third-order valence-electron chi connectivity index (χ3n) is 3.70. The highest BCUT2D eigenvalue weighted by Gasteiger charge is 2.17. The van der Waals surface area contributed by atoms with E-state index in [4.69, 9.17) is 11.6 Å². The first-order valence-corrected chi connectivity index (χ1v) is 6.94. The molecule has 1 N–H and O–H groups in total. The van der Waals surface area contributed by atoms with Gasteiger partial charge in [0.15, 0.2) is 0 Å². The van der Waals surface area contributed by atoms with Gasteiger partial charge >= 0.3 is 0 Å². The molecule has 0 radical (unpaired) electrons. The Morgan fingerprint density at radius 2 is 2.17 bits per heavy atom. The van der Waals surface area contributed by atoms with Gasteiger partial charge in [-0.1, -0.05) is 31.4 Å². The Morgan fingerprint density at radius 1 is 1.39 bits per heavy atom. The summed E-state index contributed by atoms with van der Waals surface area (Å²) in [6, 6.07) is 0.404. The number of rotatable bonds is 2. The first-order valence-electron chi connectivity index (χ1n) is 6.56. The molecule has 0 saturated heterocycles. The van der Waals surface area contributed by atoms with Gasteiger partial charge in [-0.2, -0.15) is 5.10 Å². The van der Waals surface area contributed by atoms with Crippen LogP contribution in [0.25, 0.3) is 0 Å². The van der Waals surface area contributed by atoms with Crippen LogP contribution in [0.5, 0.6) is 0 Å². The minimum atomic E-state index is -0.247. The lowest BCUT2D eigenvalue weighted by atomic mass is 10.0. The number of aromatic nitrogens is 2. The second-order valence-corrected chi connectivity index (χ2v) is 5.63. The number of hydrogen-bond donors (Lipinski definition) is 1. The van der Waals surface area contributed by atoms with E-state index in [1.165, 1.54) is 23.9 Å². The molecule has 1 saturated carbocycles. The number of halogens is 1. The van der Waals surface area contributed by atoms with Crippen LogP contribution in [0.15, 0.2) is 11.0 Å². The van der Waals surface area contributed by atoms with E-state index in [1.54, 1.807) is 13.2 Å². The average molecular weight is 270 g/mol. The van der Waals surface area contributed by atoms with Crippen LogP contribution in [-0.4, -0.2) is 15.8 Å². The van der Waals surface area contributed by atoms with Gasteiger partial charge in [0, 0.05) is 13.1 Å². The lowest BCUT2D eigenvalue weighted by Crippen LogP contribution is -2.24. The predicted octanol–water partition coefficient (Wildman–Crippen LogP) is 2.81. The van der Waals surface area contributed by atoms with Gasteiger partial charge in [0.1, 0.15) is 5.02 Å². The van der Waals surface area contributed by atoms with Crippen LogP contribution in [0.3, 0.4) is 0 Å². The van der Waals surface area contributed by atoms with E-state index in [0.29, 0.717) is 11.7 Å². The number of aryl methyl sites for hydroxylation is 1.